The van der Waals surface area contributed by atoms with E-state index in [0.717, 1.165) is 45.5 Å². The number of hydrogen-bond acceptors (Lipinski definition) is 3. The molecule has 98 valence electrons. The lowest BCUT2D eigenvalue weighted by Gasteiger charge is -2.38. The van der Waals surface area contributed by atoms with Gasteiger partial charge in [0, 0.05) is 19.7 Å². The zero-order chi connectivity index (χ0) is 12.3. The molecule has 0 saturated carbocycles. The molecule has 0 radical (unpaired) electrons. The van der Waals surface area contributed by atoms with Crippen LogP contribution in [-0.2, 0) is 9.53 Å². The van der Waals surface area contributed by atoms with Crippen molar-refractivity contribution in [2.75, 3.05) is 26.2 Å². The minimum Gasteiger partial charge on any atom is -0.377 e. The van der Waals surface area contributed by atoms with Crippen molar-refractivity contribution < 1.29 is 9.53 Å². The first-order chi connectivity index (χ1) is 8.12. The molecule has 1 amide bonds. The topological polar surface area (TPSA) is 41.6 Å². The van der Waals surface area contributed by atoms with Crippen molar-refractivity contribution in [3.8, 4) is 0 Å². The Morgan fingerprint density at radius 2 is 2.24 bits per heavy atom. The summed E-state index contributed by atoms with van der Waals surface area (Å²) in [6.45, 7) is 7.39. The molecule has 2 aliphatic heterocycles. The Morgan fingerprint density at radius 1 is 1.41 bits per heavy atom. The number of nitrogens with one attached hydrogen (secondary N) is 1. The van der Waals surface area contributed by atoms with Crippen molar-refractivity contribution in [2.45, 2.75) is 51.2 Å². The van der Waals surface area contributed by atoms with Gasteiger partial charge < -0.3 is 15.0 Å². The molecule has 4 nitrogen and oxygen atoms in total. The van der Waals surface area contributed by atoms with Crippen LogP contribution in [0.15, 0.2) is 0 Å². The third kappa shape index (κ3) is 2.99. The lowest BCUT2D eigenvalue weighted by molar-refractivity contribution is -0.139. The Balaban J connectivity index is 2.01. The van der Waals surface area contributed by atoms with Gasteiger partial charge in [-0.2, -0.15) is 0 Å². The number of ether oxygens (including phenoxy) is 1. The molecule has 1 N–H and O–H groups in total. The highest BCUT2D eigenvalue weighted by Crippen LogP contribution is 2.22. The van der Waals surface area contributed by atoms with Gasteiger partial charge in [0.2, 0.25) is 5.91 Å². The SMILES string of the molecule is CC1CN(C(=O)C2(C)CCCCN2)CCCO1. The molecular weight excluding hydrogens is 216 g/mol. The molecule has 0 spiro atoms. The minimum atomic E-state index is -0.345. The average Bonchev–Trinajstić information content (AvgIpc) is 2.54. The molecular formula is C13H24N2O2. The molecule has 2 unspecified atom stereocenters. The summed E-state index contributed by atoms with van der Waals surface area (Å²) in [6, 6.07) is 0. The Labute approximate surface area is 104 Å². The van der Waals surface area contributed by atoms with Crippen molar-refractivity contribution in [1.82, 2.24) is 10.2 Å². The van der Waals surface area contributed by atoms with Gasteiger partial charge in [0.25, 0.3) is 0 Å². The quantitative estimate of drug-likeness (QED) is 0.747. The summed E-state index contributed by atoms with van der Waals surface area (Å²) in [4.78, 5) is 14.6. The summed E-state index contributed by atoms with van der Waals surface area (Å²) in [5.41, 5.74) is -0.345. The molecule has 0 aromatic heterocycles. The second-order valence-electron chi connectivity index (χ2n) is 5.50. The maximum atomic E-state index is 12.6. The maximum Gasteiger partial charge on any atom is 0.242 e. The van der Waals surface area contributed by atoms with Gasteiger partial charge in [-0.15, -0.1) is 0 Å². The Bertz CT molecular complexity index is 275. The highest BCUT2D eigenvalue weighted by molar-refractivity contribution is 5.86. The minimum absolute atomic E-state index is 0.161. The van der Waals surface area contributed by atoms with Crippen LogP contribution in [0, 0.1) is 0 Å². The molecule has 2 atom stereocenters. The lowest BCUT2D eigenvalue weighted by atomic mass is 9.89. The molecule has 0 bridgehead atoms. The van der Waals surface area contributed by atoms with Gasteiger partial charge in [-0.3, -0.25) is 4.79 Å². The molecule has 2 aliphatic rings. The first kappa shape index (κ1) is 12.8. The first-order valence-corrected chi connectivity index (χ1v) is 6.78. The van der Waals surface area contributed by atoms with E-state index in [1.54, 1.807) is 0 Å². The predicted molar refractivity (Wildman–Crippen MR) is 66.9 cm³/mol. The summed E-state index contributed by atoms with van der Waals surface area (Å²) in [6.07, 6.45) is 4.40. The summed E-state index contributed by atoms with van der Waals surface area (Å²) in [5.74, 6) is 0.259. The van der Waals surface area contributed by atoms with E-state index < -0.39 is 0 Å². The van der Waals surface area contributed by atoms with E-state index in [9.17, 15) is 4.79 Å². The lowest BCUT2D eigenvalue weighted by Crippen LogP contribution is -2.58. The van der Waals surface area contributed by atoms with Gasteiger partial charge in [-0.05, 0) is 46.1 Å². The zero-order valence-electron chi connectivity index (χ0n) is 11.0. The van der Waals surface area contributed by atoms with Crippen molar-refractivity contribution in [2.24, 2.45) is 0 Å². The average molecular weight is 240 g/mol. The van der Waals surface area contributed by atoms with Crippen molar-refractivity contribution in [3.05, 3.63) is 0 Å². The van der Waals surface area contributed by atoms with Gasteiger partial charge in [0.1, 0.15) is 0 Å². The Kier molecular flexibility index (Phi) is 4.05. The van der Waals surface area contributed by atoms with E-state index in [2.05, 4.69) is 5.32 Å². The van der Waals surface area contributed by atoms with Gasteiger partial charge in [-0.25, -0.2) is 0 Å². The van der Waals surface area contributed by atoms with E-state index in [-0.39, 0.29) is 17.6 Å². The van der Waals surface area contributed by atoms with Crippen molar-refractivity contribution in [1.29, 1.82) is 0 Å². The molecule has 2 fully saturated rings. The third-order valence-electron chi connectivity index (χ3n) is 3.83. The number of nitrogens with zero attached hydrogens (tertiary/aromatic N) is 1. The number of carbonyl (C=O) groups is 1. The van der Waals surface area contributed by atoms with Crippen LogP contribution in [0.25, 0.3) is 0 Å². The number of hydrogen-bond donors (Lipinski definition) is 1. The van der Waals surface area contributed by atoms with Gasteiger partial charge in [0.15, 0.2) is 0 Å². The standard InChI is InChI=1S/C13H24N2O2/c1-11-10-15(8-5-9-17-11)12(16)13(2)6-3-4-7-14-13/h11,14H,3-10H2,1-2H3. The summed E-state index contributed by atoms with van der Waals surface area (Å²) in [7, 11) is 0. The zero-order valence-corrected chi connectivity index (χ0v) is 11.0. The van der Waals surface area contributed by atoms with Gasteiger partial charge in [0.05, 0.1) is 11.6 Å². The number of carbonyl (C=O) groups excluding carboxylic acids is 1. The fraction of sp³-hybridized carbons (Fsp3) is 0.923. The van der Waals surface area contributed by atoms with Crippen LogP contribution in [0.2, 0.25) is 0 Å². The molecule has 0 aliphatic carbocycles. The van der Waals surface area contributed by atoms with Crippen LogP contribution in [0.3, 0.4) is 0 Å². The fourth-order valence-electron chi connectivity index (χ4n) is 2.77. The number of piperidine rings is 1. The van der Waals surface area contributed by atoms with Crippen molar-refractivity contribution >= 4 is 5.91 Å². The summed E-state index contributed by atoms with van der Waals surface area (Å²) < 4.78 is 5.59. The molecule has 4 heteroatoms. The Hall–Kier alpha value is -0.610. The molecule has 2 rings (SSSR count). The van der Waals surface area contributed by atoms with Gasteiger partial charge >= 0.3 is 0 Å². The molecule has 2 saturated heterocycles. The summed E-state index contributed by atoms with van der Waals surface area (Å²) >= 11 is 0. The molecule has 0 aromatic rings. The monoisotopic (exact) mass is 240 g/mol. The van der Waals surface area contributed by atoms with E-state index in [4.69, 9.17) is 4.74 Å². The van der Waals surface area contributed by atoms with Crippen LogP contribution in [0.5, 0.6) is 0 Å². The first-order valence-electron chi connectivity index (χ1n) is 6.78. The fourth-order valence-corrected chi connectivity index (χ4v) is 2.77. The molecule has 0 aromatic carbocycles. The van der Waals surface area contributed by atoms with E-state index in [0.29, 0.717) is 0 Å². The number of amides is 1. The maximum absolute atomic E-state index is 12.6. The largest absolute Gasteiger partial charge is 0.377 e. The smallest absolute Gasteiger partial charge is 0.242 e. The van der Waals surface area contributed by atoms with E-state index in [1.807, 2.05) is 18.7 Å². The second-order valence-corrected chi connectivity index (χ2v) is 5.50. The van der Waals surface area contributed by atoms with Crippen LogP contribution >= 0.6 is 0 Å². The van der Waals surface area contributed by atoms with Crippen LogP contribution in [0.1, 0.15) is 39.5 Å². The van der Waals surface area contributed by atoms with E-state index >= 15 is 0 Å². The second kappa shape index (κ2) is 5.36. The molecule has 2 heterocycles. The van der Waals surface area contributed by atoms with Crippen LogP contribution < -0.4 is 5.32 Å². The Morgan fingerprint density at radius 3 is 2.94 bits per heavy atom. The predicted octanol–water partition coefficient (Wildman–Crippen LogP) is 1.16. The normalized spacial score (nSPS) is 35.4. The highest BCUT2D eigenvalue weighted by atomic mass is 16.5. The summed E-state index contributed by atoms with van der Waals surface area (Å²) in [5, 5.41) is 3.40. The third-order valence-corrected chi connectivity index (χ3v) is 3.83. The van der Waals surface area contributed by atoms with Crippen molar-refractivity contribution in [3.63, 3.8) is 0 Å². The van der Waals surface area contributed by atoms with E-state index in [1.165, 1.54) is 6.42 Å². The van der Waals surface area contributed by atoms with Crippen LogP contribution in [0.4, 0.5) is 0 Å². The highest BCUT2D eigenvalue weighted by Gasteiger charge is 2.38. The molecule has 17 heavy (non-hydrogen) atoms. The van der Waals surface area contributed by atoms with Gasteiger partial charge in [-0.1, -0.05) is 0 Å². The van der Waals surface area contributed by atoms with Crippen LogP contribution in [-0.4, -0.2) is 48.7 Å². The number of rotatable bonds is 1.